The quantitative estimate of drug-likeness (QED) is 0.528. The number of nitrogens with two attached hydrogens (primary N) is 1. The summed E-state index contributed by atoms with van der Waals surface area (Å²) in [6.45, 7) is 0.656. The van der Waals surface area contributed by atoms with Crippen LogP contribution in [0.1, 0.15) is 32.1 Å². The highest BCUT2D eigenvalue weighted by Gasteiger charge is 2.10. The molecule has 25 heavy (non-hydrogen) atoms. The van der Waals surface area contributed by atoms with Crippen LogP contribution in [0.4, 0.5) is 0 Å². The fraction of sp³-hybridized carbons (Fsp3) is 0.318. The summed E-state index contributed by atoms with van der Waals surface area (Å²) in [7, 11) is 0. The van der Waals surface area contributed by atoms with Gasteiger partial charge in [0, 0.05) is 5.70 Å². The second-order valence-corrected chi connectivity index (χ2v) is 7.05. The van der Waals surface area contributed by atoms with Gasteiger partial charge < -0.3 is 5.73 Å². The van der Waals surface area contributed by atoms with Crippen molar-refractivity contribution in [1.29, 1.82) is 0 Å². The maximum Gasteiger partial charge on any atom is 0.0667 e. The lowest BCUT2D eigenvalue weighted by atomic mass is 9.98. The van der Waals surface area contributed by atoms with Crippen LogP contribution in [-0.2, 0) is 0 Å². The number of allylic oxidation sites excluding steroid dienone is 11. The smallest absolute Gasteiger partial charge is 0.0667 e. The van der Waals surface area contributed by atoms with Crippen LogP contribution < -0.4 is 5.73 Å². The summed E-state index contributed by atoms with van der Waals surface area (Å²) in [6, 6.07) is 0. The Balaban J connectivity index is 1.82. The molecule has 2 N–H and O–H groups in total. The Labute approximate surface area is 155 Å². The van der Waals surface area contributed by atoms with E-state index in [0.29, 0.717) is 6.54 Å². The molecular formula is C22H25ClN2. The van der Waals surface area contributed by atoms with Crippen molar-refractivity contribution in [3.8, 4) is 0 Å². The van der Waals surface area contributed by atoms with Gasteiger partial charge in [-0.2, -0.15) is 0 Å². The van der Waals surface area contributed by atoms with Crippen LogP contribution in [0.15, 0.2) is 88.2 Å². The minimum Gasteiger partial charge on any atom is -0.398 e. The van der Waals surface area contributed by atoms with Gasteiger partial charge in [0.15, 0.2) is 0 Å². The Morgan fingerprint density at radius 3 is 2.80 bits per heavy atom. The SMILES string of the molecule is N/C(=C\C(=NCC1=CCC(Cl)C=C1)C1=CCCC=C1)C1=CC=CCC1. The standard InChI is InChI=1S/C22H25ClN2/c23-20-13-11-17(12-14-20)16-25-22(19-9-5-2-6-10-19)15-21(24)18-7-3-1-4-8-18/h1,3,5,7,9-13,15,20H,2,4,6,8,14,16,24H2/b21-15-,25-22?. The predicted molar refractivity (Wildman–Crippen MR) is 109 cm³/mol. The van der Waals surface area contributed by atoms with Crippen molar-refractivity contribution in [2.45, 2.75) is 37.5 Å². The first kappa shape index (κ1) is 17.8. The molecule has 0 spiro atoms. The molecule has 3 aliphatic rings. The summed E-state index contributed by atoms with van der Waals surface area (Å²) in [5, 5.41) is 0.109. The number of rotatable bonds is 5. The molecule has 0 aliphatic heterocycles. The highest BCUT2D eigenvalue weighted by Crippen LogP contribution is 2.20. The van der Waals surface area contributed by atoms with Crippen LogP contribution >= 0.6 is 11.6 Å². The average molecular weight is 353 g/mol. The first-order valence-electron chi connectivity index (χ1n) is 8.98. The van der Waals surface area contributed by atoms with Crippen LogP contribution in [0, 0.1) is 0 Å². The van der Waals surface area contributed by atoms with Gasteiger partial charge in [-0.3, -0.25) is 4.99 Å². The Morgan fingerprint density at radius 1 is 1.20 bits per heavy atom. The molecule has 3 aliphatic carbocycles. The van der Waals surface area contributed by atoms with E-state index in [1.165, 1.54) is 11.1 Å². The lowest BCUT2D eigenvalue weighted by Gasteiger charge is -2.13. The summed E-state index contributed by atoms with van der Waals surface area (Å²) in [6.07, 6.45) is 26.3. The van der Waals surface area contributed by atoms with Gasteiger partial charge in [0.05, 0.1) is 17.6 Å². The number of alkyl halides is 1. The topological polar surface area (TPSA) is 38.4 Å². The van der Waals surface area contributed by atoms with Gasteiger partial charge in [-0.05, 0) is 54.9 Å². The normalized spacial score (nSPS) is 24.0. The molecule has 0 aromatic rings. The Hall–Kier alpha value is -2.06. The largest absolute Gasteiger partial charge is 0.398 e. The predicted octanol–water partition coefficient (Wildman–Crippen LogP) is 5.32. The van der Waals surface area contributed by atoms with E-state index in [2.05, 4.69) is 48.6 Å². The van der Waals surface area contributed by atoms with E-state index < -0.39 is 0 Å². The molecule has 3 heteroatoms. The minimum absolute atomic E-state index is 0.109. The van der Waals surface area contributed by atoms with Crippen molar-refractivity contribution in [2.75, 3.05) is 6.54 Å². The second kappa shape index (κ2) is 8.87. The highest BCUT2D eigenvalue weighted by molar-refractivity contribution is 6.22. The van der Waals surface area contributed by atoms with E-state index in [-0.39, 0.29) is 5.38 Å². The van der Waals surface area contributed by atoms with Crippen molar-refractivity contribution >= 4 is 17.3 Å². The average Bonchev–Trinajstić information content (AvgIpc) is 2.67. The minimum atomic E-state index is 0.109. The fourth-order valence-corrected chi connectivity index (χ4v) is 3.20. The summed E-state index contributed by atoms with van der Waals surface area (Å²) in [5.74, 6) is 0. The molecule has 0 fully saturated rings. The first-order chi connectivity index (χ1) is 12.2. The molecule has 1 atom stereocenters. The van der Waals surface area contributed by atoms with E-state index in [9.17, 15) is 0 Å². The maximum atomic E-state index is 6.36. The van der Waals surface area contributed by atoms with Gasteiger partial charge in [0.2, 0.25) is 0 Å². The Bertz CT molecular complexity index is 742. The van der Waals surface area contributed by atoms with Gasteiger partial charge in [0.25, 0.3) is 0 Å². The first-order valence-corrected chi connectivity index (χ1v) is 9.42. The zero-order valence-electron chi connectivity index (χ0n) is 14.5. The molecule has 0 bridgehead atoms. The number of halogens is 1. The number of hydrogen-bond acceptors (Lipinski definition) is 2. The van der Waals surface area contributed by atoms with E-state index in [1.807, 2.05) is 12.2 Å². The van der Waals surface area contributed by atoms with E-state index >= 15 is 0 Å². The summed E-state index contributed by atoms with van der Waals surface area (Å²) in [5.41, 5.74) is 11.7. The Kier molecular flexibility index (Phi) is 6.30. The third kappa shape index (κ3) is 5.20. The van der Waals surface area contributed by atoms with Crippen LogP contribution in [0.2, 0.25) is 0 Å². The number of hydrogen-bond donors (Lipinski definition) is 1. The summed E-state index contributed by atoms with van der Waals surface area (Å²) in [4.78, 5) is 4.86. The highest BCUT2D eigenvalue weighted by atomic mass is 35.5. The molecule has 0 radical (unpaired) electrons. The molecule has 0 heterocycles. The molecule has 2 nitrogen and oxygen atoms in total. The lowest BCUT2D eigenvalue weighted by Crippen LogP contribution is -2.09. The van der Waals surface area contributed by atoms with E-state index in [0.717, 1.165) is 49.1 Å². The second-order valence-electron chi connectivity index (χ2n) is 6.49. The fourth-order valence-electron chi connectivity index (χ4n) is 3.04. The number of nitrogens with zero attached hydrogens (tertiary/aromatic N) is 1. The molecule has 0 saturated heterocycles. The molecule has 3 rings (SSSR count). The van der Waals surface area contributed by atoms with Crippen molar-refractivity contribution < 1.29 is 0 Å². The third-order valence-electron chi connectivity index (χ3n) is 4.52. The van der Waals surface area contributed by atoms with Gasteiger partial charge >= 0.3 is 0 Å². The van der Waals surface area contributed by atoms with Gasteiger partial charge in [0.1, 0.15) is 0 Å². The summed E-state index contributed by atoms with van der Waals surface area (Å²) < 4.78 is 0. The zero-order chi connectivity index (χ0) is 17.5. The Morgan fingerprint density at radius 2 is 2.12 bits per heavy atom. The molecule has 1 unspecified atom stereocenters. The van der Waals surface area contributed by atoms with Gasteiger partial charge in [-0.25, -0.2) is 0 Å². The van der Waals surface area contributed by atoms with Crippen molar-refractivity contribution in [3.63, 3.8) is 0 Å². The van der Waals surface area contributed by atoms with Crippen molar-refractivity contribution in [3.05, 3.63) is 83.2 Å². The monoisotopic (exact) mass is 352 g/mol. The van der Waals surface area contributed by atoms with E-state index in [4.69, 9.17) is 22.3 Å². The van der Waals surface area contributed by atoms with Crippen molar-refractivity contribution in [1.82, 2.24) is 0 Å². The van der Waals surface area contributed by atoms with Crippen molar-refractivity contribution in [2.24, 2.45) is 10.7 Å². The van der Waals surface area contributed by atoms with E-state index in [1.54, 1.807) is 0 Å². The number of aliphatic imine (C=N–C) groups is 1. The van der Waals surface area contributed by atoms with Crippen LogP contribution in [0.25, 0.3) is 0 Å². The van der Waals surface area contributed by atoms with Gasteiger partial charge in [-0.1, -0.05) is 54.7 Å². The molecule has 0 amide bonds. The molecule has 0 aromatic carbocycles. The van der Waals surface area contributed by atoms with Crippen LogP contribution in [0.5, 0.6) is 0 Å². The molecular weight excluding hydrogens is 328 g/mol. The lowest BCUT2D eigenvalue weighted by molar-refractivity contribution is 0.962. The molecule has 0 aromatic heterocycles. The van der Waals surface area contributed by atoms with Gasteiger partial charge in [-0.15, -0.1) is 11.6 Å². The maximum absolute atomic E-state index is 6.36. The van der Waals surface area contributed by atoms with Crippen LogP contribution in [0.3, 0.4) is 0 Å². The third-order valence-corrected chi connectivity index (χ3v) is 4.85. The zero-order valence-corrected chi connectivity index (χ0v) is 15.3. The molecule has 0 saturated carbocycles. The van der Waals surface area contributed by atoms with Crippen LogP contribution in [-0.4, -0.2) is 17.6 Å². The molecule has 130 valence electrons. The summed E-state index contributed by atoms with van der Waals surface area (Å²) >= 11 is 6.10.